The maximum Gasteiger partial charge on any atom is 0.126 e. The Balaban J connectivity index is 2.21. The summed E-state index contributed by atoms with van der Waals surface area (Å²) in [6, 6.07) is 5.42. The number of halogens is 1. The van der Waals surface area contributed by atoms with Gasteiger partial charge < -0.3 is 10.5 Å². The Morgan fingerprint density at radius 3 is 2.85 bits per heavy atom. The third-order valence-corrected chi connectivity index (χ3v) is 4.41. The predicted molar refractivity (Wildman–Crippen MR) is 79.2 cm³/mol. The largest absolute Gasteiger partial charge is 0.377 e. The molecule has 0 amide bonds. The van der Waals surface area contributed by atoms with E-state index in [9.17, 15) is 4.39 Å². The summed E-state index contributed by atoms with van der Waals surface area (Å²) in [7, 11) is 1.77. The minimum atomic E-state index is -0.162. The number of hydrogen-bond acceptors (Lipinski definition) is 3. The van der Waals surface area contributed by atoms with Crippen LogP contribution in [0.2, 0.25) is 0 Å². The van der Waals surface area contributed by atoms with Crippen LogP contribution in [0.4, 0.5) is 4.39 Å². The highest BCUT2D eigenvalue weighted by molar-refractivity contribution is 5.27. The number of benzene rings is 1. The molecule has 1 aromatic carbocycles. The fraction of sp³-hybridized carbons (Fsp3) is 0.625. The summed E-state index contributed by atoms with van der Waals surface area (Å²) in [5.41, 5.74) is 7.63. The number of methoxy groups -OCH3 is 1. The van der Waals surface area contributed by atoms with Crippen molar-refractivity contribution < 1.29 is 9.13 Å². The molecule has 112 valence electrons. The molecule has 0 spiro atoms. The third-order valence-electron chi connectivity index (χ3n) is 4.41. The lowest BCUT2D eigenvalue weighted by molar-refractivity contribution is -0.0608. The van der Waals surface area contributed by atoms with Gasteiger partial charge in [-0.3, -0.25) is 4.90 Å². The van der Waals surface area contributed by atoms with Gasteiger partial charge in [0, 0.05) is 26.2 Å². The van der Waals surface area contributed by atoms with Crippen LogP contribution in [0.1, 0.15) is 36.9 Å². The molecule has 1 saturated heterocycles. The SMILES string of the molecule is COC1(C)CCCN(C(CN)c2ccc(F)c(C)c2)C1. The summed E-state index contributed by atoms with van der Waals surface area (Å²) in [4.78, 5) is 2.36. The summed E-state index contributed by atoms with van der Waals surface area (Å²) >= 11 is 0. The summed E-state index contributed by atoms with van der Waals surface area (Å²) in [5, 5.41) is 0. The zero-order chi connectivity index (χ0) is 14.8. The lowest BCUT2D eigenvalue weighted by Gasteiger charge is -2.43. The first-order valence-corrected chi connectivity index (χ1v) is 7.24. The smallest absolute Gasteiger partial charge is 0.126 e. The molecule has 1 aliphatic heterocycles. The molecule has 2 atom stereocenters. The minimum absolute atomic E-state index is 0.110. The topological polar surface area (TPSA) is 38.5 Å². The van der Waals surface area contributed by atoms with E-state index in [0.29, 0.717) is 12.1 Å². The Morgan fingerprint density at radius 1 is 1.50 bits per heavy atom. The molecule has 4 heteroatoms. The number of likely N-dealkylation sites (tertiary alicyclic amines) is 1. The maximum absolute atomic E-state index is 13.4. The Labute approximate surface area is 120 Å². The second-order valence-corrected chi connectivity index (χ2v) is 5.99. The van der Waals surface area contributed by atoms with Crippen LogP contribution in [0.15, 0.2) is 18.2 Å². The van der Waals surface area contributed by atoms with Crippen LogP contribution < -0.4 is 5.73 Å². The molecule has 2 rings (SSSR count). The third kappa shape index (κ3) is 3.19. The van der Waals surface area contributed by atoms with Crippen LogP contribution in [0.25, 0.3) is 0 Å². The molecule has 0 aliphatic carbocycles. The van der Waals surface area contributed by atoms with Crippen LogP contribution in [-0.2, 0) is 4.74 Å². The highest BCUT2D eigenvalue weighted by Gasteiger charge is 2.34. The number of nitrogens with zero attached hydrogens (tertiary/aromatic N) is 1. The van der Waals surface area contributed by atoms with Crippen molar-refractivity contribution in [1.82, 2.24) is 4.90 Å². The molecule has 1 fully saturated rings. The number of ether oxygens (including phenoxy) is 1. The van der Waals surface area contributed by atoms with Gasteiger partial charge in [-0.25, -0.2) is 4.39 Å². The standard InChI is InChI=1S/C16H25FN2O/c1-12-9-13(5-6-14(12)17)15(10-18)19-8-4-7-16(2,11-19)20-3/h5-6,9,15H,4,7-8,10-11,18H2,1-3H3. The minimum Gasteiger partial charge on any atom is -0.377 e. The van der Waals surface area contributed by atoms with E-state index in [4.69, 9.17) is 10.5 Å². The summed E-state index contributed by atoms with van der Waals surface area (Å²) in [5.74, 6) is -0.162. The Hall–Kier alpha value is -0.970. The monoisotopic (exact) mass is 280 g/mol. The van der Waals surface area contributed by atoms with Crippen molar-refractivity contribution in [1.29, 1.82) is 0 Å². The summed E-state index contributed by atoms with van der Waals surface area (Å²) in [6.07, 6.45) is 2.17. The van der Waals surface area contributed by atoms with Gasteiger partial charge in [0.1, 0.15) is 5.82 Å². The summed E-state index contributed by atoms with van der Waals surface area (Å²) < 4.78 is 19.1. The maximum atomic E-state index is 13.4. The molecule has 0 saturated carbocycles. The average Bonchev–Trinajstić information content (AvgIpc) is 2.44. The van der Waals surface area contributed by atoms with Crippen molar-refractivity contribution in [3.05, 3.63) is 35.1 Å². The fourth-order valence-corrected chi connectivity index (χ4v) is 3.05. The first-order chi connectivity index (χ1) is 9.49. The van der Waals surface area contributed by atoms with Crippen molar-refractivity contribution in [2.45, 2.75) is 38.3 Å². The van der Waals surface area contributed by atoms with Crippen molar-refractivity contribution in [2.24, 2.45) is 5.73 Å². The van der Waals surface area contributed by atoms with Crippen LogP contribution in [0.3, 0.4) is 0 Å². The Bertz CT molecular complexity index is 466. The quantitative estimate of drug-likeness (QED) is 0.921. The van der Waals surface area contributed by atoms with Gasteiger partial charge in [0.05, 0.1) is 5.60 Å². The molecule has 0 aromatic heterocycles. The van der Waals surface area contributed by atoms with Gasteiger partial charge in [0.15, 0.2) is 0 Å². The number of aryl methyl sites for hydroxylation is 1. The van der Waals surface area contributed by atoms with E-state index in [1.165, 1.54) is 6.07 Å². The Morgan fingerprint density at radius 2 is 2.25 bits per heavy atom. The second kappa shape index (κ2) is 6.20. The van der Waals surface area contributed by atoms with Gasteiger partial charge in [-0.05, 0) is 50.4 Å². The molecule has 1 aromatic rings. The zero-order valence-corrected chi connectivity index (χ0v) is 12.7. The molecule has 0 radical (unpaired) electrons. The molecule has 1 heterocycles. The van der Waals surface area contributed by atoms with Crippen LogP contribution >= 0.6 is 0 Å². The molecular formula is C16H25FN2O. The average molecular weight is 280 g/mol. The van der Waals surface area contributed by atoms with Crippen molar-refractivity contribution in [2.75, 3.05) is 26.7 Å². The molecule has 20 heavy (non-hydrogen) atoms. The molecular weight excluding hydrogens is 255 g/mol. The predicted octanol–water partition coefficient (Wildman–Crippen LogP) is 2.63. The number of piperidine rings is 1. The lowest BCUT2D eigenvalue weighted by atomic mass is 9.92. The molecule has 2 N–H and O–H groups in total. The first-order valence-electron chi connectivity index (χ1n) is 7.24. The van der Waals surface area contributed by atoms with Gasteiger partial charge in [-0.2, -0.15) is 0 Å². The zero-order valence-electron chi connectivity index (χ0n) is 12.7. The molecule has 0 bridgehead atoms. The van der Waals surface area contributed by atoms with E-state index in [1.807, 2.05) is 12.1 Å². The van der Waals surface area contributed by atoms with Gasteiger partial charge >= 0.3 is 0 Å². The fourth-order valence-electron chi connectivity index (χ4n) is 3.05. The van der Waals surface area contributed by atoms with Crippen molar-refractivity contribution in [3.63, 3.8) is 0 Å². The normalized spacial score (nSPS) is 25.6. The summed E-state index contributed by atoms with van der Waals surface area (Å²) in [6.45, 7) is 6.34. The number of hydrogen-bond donors (Lipinski definition) is 1. The van der Waals surface area contributed by atoms with Crippen molar-refractivity contribution >= 4 is 0 Å². The highest BCUT2D eigenvalue weighted by Crippen LogP contribution is 2.30. The second-order valence-electron chi connectivity index (χ2n) is 5.99. The Kier molecular flexibility index (Phi) is 4.78. The van der Waals surface area contributed by atoms with E-state index in [-0.39, 0.29) is 17.5 Å². The van der Waals surface area contributed by atoms with E-state index in [2.05, 4.69) is 11.8 Å². The van der Waals surface area contributed by atoms with Gasteiger partial charge in [-0.15, -0.1) is 0 Å². The van der Waals surface area contributed by atoms with Crippen LogP contribution in [-0.4, -0.2) is 37.2 Å². The van der Waals surface area contributed by atoms with Gasteiger partial charge in [-0.1, -0.05) is 12.1 Å². The van der Waals surface area contributed by atoms with Crippen molar-refractivity contribution in [3.8, 4) is 0 Å². The molecule has 3 nitrogen and oxygen atoms in total. The van der Waals surface area contributed by atoms with E-state index in [1.54, 1.807) is 14.0 Å². The first kappa shape index (κ1) is 15.4. The van der Waals surface area contributed by atoms with Gasteiger partial charge in [0.25, 0.3) is 0 Å². The number of rotatable bonds is 4. The molecule has 2 unspecified atom stereocenters. The molecule has 1 aliphatic rings. The van der Waals surface area contributed by atoms with Crippen LogP contribution in [0.5, 0.6) is 0 Å². The van der Waals surface area contributed by atoms with E-state index >= 15 is 0 Å². The highest BCUT2D eigenvalue weighted by atomic mass is 19.1. The lowest BCUT2D eigenvalue weighted by Crippen LogP contribution is -2.49. The van der Waals surface area contributed by atoms with Crippen LogP contribution in [0, 0.1) is 12.7 Å². The van der Waals surface area contributed by atoms with E-state index < -0.39 is 0 Å². The number of nitrogens with two attached hydrogens (primary N) is 1. The van der Waals surface area contributed by atoms with E-state index in [0.717, 1.165) is 31.5 Å². The van der Waals surface area contributed by atoms with Gasteiger partial charge in [0.2, 0.25) is 0 Å².